The SMILES string of the molecule is COC(=O)C(=CC1(C(C)(C)C)C=CC=CC1)C(=O)OC. The van der Waals surface area contributed by atoms with Crippen LogP contribution in [0.1, 0.15) is 27.2 Å². The maximum atomic E-state index is 11.8. The van der Waals surface area contributed by atoms with Crippen molar-refractivity contribution in [1.82, 2.24) is 0 Å². The molecule has 0 radical (unpaired) electrons. The first kappa shape index (κ1) is 16.2. The number of ether oxygens (including phenoxy) is 2. The van der Waals surface area contributed by atoms with E-state index in [1.54, 1.807) is 6.08 Å². The van der Waals surface area contributed by atoms with Gasteiger partial charge in [-0.2, -0.15) is 0 Å². The van der Waals surface area contributed by atoms with E-state index in [0.29, 0.717) is 6.42 Å². The predicted molar refractivity (Wildman–Crippen MR) is 76.9 cm³/mol. The molecule has 1 unspecified atom stereocenters. The van der Waals surface area contributed by atoms with Crippen molar-refractivity contribution >= 4 is 11.9 Å². The van der Waals surface area contributed by atoms with Crippen molar-refractivity contribution in [3.8, 4) is 0 Å². The molecule has 0 aromatic rings. The number of esters is 2. The molecule has 0 saturated carbocycles. The highest BCUT2D eigenvalue weighted by molar-refractivity contribution is 6.14. The van der Waals surface area contributed by atoms with Crippen LogP contribution in [0.5, 0.6) is 0 Å². The van der Waals surface area contributed by atoms with Crippen molar-refractivity contribution in [3.05, 3.63) is 36.0 Å². The topological polar surface area (TPSA) is 52.6 Å². The van der Waals surface area contributed by atoms with Crippen molar-refractivity contribution in [2.75, 3.05) is 14.2 Å². The van der Waals surface area contributed by atoms with E-state index in [4.69, 9.17) is 0 Å². The van der Waals surface area contributed by atoms with Crippen LogP contribution in [-0.4, -0.2) is 26.2 Å². The van der Waals surface area contributed by atoms with Crippen molar-refractivity contribution < 1.29 is 19.1 Å². The summed E-state index contributed by atoms with van der Waals surface area (Å²) in [5.74, 6) is -1.35. The number of carbonyl (C=O) groups excluding carboxylic acids is 2. The minimum atomic E-state index is -0.677. The molecule has 0 bridgehead atoms. The molecule has 1 rings (SSSR count). The Morgan fingerprint density at radius 3 is 2.00 bits per heavy atom. The van der Waals surface area contributed by atoms with Gasteiger partial charge >= 0.3 is 11.9 Å². The Hall–Kier alpha value is -1.84. The minimum absolute atomic E-state index is 0.0649. The third-order valence-electron chi connectivity index (χ3n) is 3.71. The molecule has 0 aromatic carbocycles. The average Bonchev–Trinajstić information content (AvgIpc) is 2.43. The van der Waals surface area contributed by atoms with E-state index in [1.807, 2.05) is 24.3 Å². The third kappa shape index (κ3) is 3.18. The van der Waals surface area contributed by atoms with Crippen LogP contribution in [0.25, 0.3) is 0 Å². The van der Waals surface area contributed by atoms with Crippen LogP contribution < -0.4 is 0 Å². The van der Waals surface area contributed by atoms with Crippen molar-refractivity contribution in [2.24, 2.45) is 10.8 Å². The Balaban J connectivity index is 3.36. The lowest BCUT2D eigenvalue weighted by molar-refractivity contribution is -0.144. The molecule has 110 valence electrons. The first-order valence-electron chi connectivity index (χ1n) is 6.51. The lowest BCUT2D eigenvalue weighted by atomic mass is 9.62. The zero-order valence-electron chi connectivity index (χ0n) is 12.7. The summed E-state index contributed by atoms with van der Waals surface area (Å²) in [6, 6.07) is 0. The Morgan fingerprint density at radius 2 is 1.65 bits per heavy atom. The Labute approximate surface area is 120 Å². The van der Waals surface area contributed by atoms with Crippen LogP contribution in [0.15, 0.2) is 36.0 Å². The highest BCUT2D eigenvalue weighted by atomic mass is 16.5. The van der Waals surface area contributed by atoms with Gasteiger partial charge in [0, 0.05) is 5.41 Å². The fourth-order valence-corrected chi connectivity index (χ4v) is 2.20. The number of hydrogen-bond donors (Lipinski definition) is 0. The molecular formula is C16H22O4. The zero-order valence-corrected chi connectivity index (χ0v) is 12.7. The van der Waals surface area contributed by atoms with Crippen LogP contribution >= 0.6 is 0 Å². The largest absolute Gasteiger partial charge is 0.465 e. The van der Waals surface area contributed by atoms with Crippen molar-refractivity contribution in [3.63, 3.8) is 0 Å². The summed E-state index contributed by atoms with van der Waals surface area (Å²) in [4.78, 5) is 23.6. The van der Waals surface area contributed by atoms with Gasteiger partial charge in [-0.15, -0.1) is 0 Å². The van der Waals surface area contributed by atoms with Gasteiger partial charge in [0.25, 0.3) is 0 Å². The molecule has 4 heteroatoms. The third-order valence-corrected chi connectivity index (χ3v) is 3.71. The molecule has 0 fully saturated rings. The monoisotopic (exact) mass is 278 g/mol. The smallest absolute Gasteiger partial charge is 0.344 e. The van der Waals surface area contributed by atoms with Gasteiger partial charge in [0.2, 0.25) is 0 Å². The molecule has 20 heavy (non-hydrogen) atoms. The summed E-state index contributed by atoms with van der Waals surface area (Å²) in [6.07, 6.45) is 10.3. The van der Waals surface area contributed by atoms with Gasteiger partial charge in [-0.05, 0) is 11.8 Å². The number of hydrogen-bond acceptors (Lipinski definition) is 4. The summed E-state index contributed by atoms with van der Waals surface area (Å²) in [6.45, 7) is 6.21. The number of allylic oxidation sites excluding steroid dienone is 5. The molecule has 4 nitrogen and oxygen atoms in total. The molecule has 0 amide bonds. The van der Waals surface area contributed by atoms with Crippen LogP contribution in [0.3, 0.4) is 0 Å². The standard InChI is InChI=1S/C16H22O4/c1-15(2,3)16(9-7-6-8-10-16)11-12(13(17)19-4)14(18)20-5/h6-9,11H,10H2,1-5H3. The van der Waals surface area contributed by atoms with Gasteiger partial charge < -0.3 is 9.47 Å². The quantitative estimate of drug-likeness (QED) is 0.345. The van der Waals surface area contributed by atoms with E-state index in [2.05, 4.69) is 30.2 Å². The lowest BCUT2D eigenvalue weighted by Crippen LogP contribution is -2.34. The van der Waals surface area contributed by atoms with Gasteiger partial charge in [0.15, 0.2) is 0 Å². The molecule has 0 heterocycles. The van der Waals surface area contributed by atoms with E-state index in [9.17, 15) is 9.59 Å². The highest BCUT2D eigenvalue weighted by Gasteiger charge is 2.40. The summed E-state index contributed by atoms with van der Waals surface area (Å²) in [5.41, 5.74) is -0.661. The van der Waals surface area contributed by atoms with Crippen molar-refractivity contribution in [1.29, 1.82) is 0 Å². The Bertz CT molecular complexity index is 459. The van der Waals surface area contributed by atoms with Gasteiger partial charge in [-0.3, -0.25) is 0 Å². The Morgan fingerprint density at radius 1 is 1.10 bits per heavy atom. The maximum absolute atomic E-state index is 11.8. The molecular weight excluding hydrogens is 256 g/mol. The first-order valence-corrected chi connectivity index (χ1v) is 6.51. The summed E-state index contributed by atoms with van der Waals surface area (Å²) in [7, 11) is 2.50. The second kappa shape index (κ2) is 6.07. The summed E-state index contributed by atoms with van der Waals surface area (Å²) < 4.78 is 9.37. The fraction of sp³-hybridized carbons (Fsp3) is 0.500. The molecule has 0 spiro atoms. The number of methoxy groups -OCH3 is 2. The van der Waals surface area contributed by atoms with Crippen LogP contribution in [0, 0.1) is 10.8 Å². The zero-order chi connectivity index (χ0) is 15.4. The summed E-state index contributed by atoms with van der Waals surface area (Å²) >= 11 is 0. The molecule has 1 atom stereocenters. The van der Waals surface area contributed by atoms with Crippen molar-refractivity contribution in [2.45, 2.75) is 27.2 Å². The number of rotatable bonds is 3. The van der Waals surface area contributed by atoms with E-state index in [1.165, 1.54) is 14.2 Å². The van der Waals surface area contributed by atoms with E-state index in [0.717, 1.165) is 0 Å². The minimum Gasteiger partial charge on any atom is -0.465 e. The van der Waals surface area contributed by atoms with Crippen LogP contribution in [0.4, 0.5) is 0 Å². The molecule has 0 N–H and O–H groups in total. The lowest BCUT2D eigenvalue weighted by Gasteiger charge is -2.41. The molecule has 0 aromatic heterocycles. The second-order valence-electron chi connectivity index (χ2n) is 5.82. The van der Waals surface area contributed by atoms with Gasteiger partial charge in [-0.1, -0.05) is 51.2 Å². The van der Waals surface area contributed by atoms with Gasteiger partial charge in [0.1, 0.15) is 5.57 Å². The second-order valence-corrected chi connectivity index (χ2v) is 5.82. The first-order chi connectivity index (χ1) is 9.27. The summed E-state index contributed by atoms with van der Waals surface area (Å²) in [5, 5.41) is 0. The molecule has 0 saturated heterocycles. The molecule has 1 aliphatic rings. The Kier molecular flexibility index (Phi) is 4.93. The highest BCUT2D eigenvalue weighted by Crippen LogP contribution is 2.46. The van der Waals surface area contributed by atoms with Crippen LogP contribution in [0.2, 0.25) is 0 Å². The normalized spacial score (nSPS) is 21.2. The predicted octanol–water partition coefficient (Wildman–Crippen LogP) is 2.81. The average molecular weight is 278 g/mol. The van der Waals surface area contributed by atoms with Gasteiger partial charge in [-0.25, -0.2) is 9.59 Å². The van der Waals surface area contributed by atoms with Gasteiger partial charge in [0.05, 0.1) is 14.2 Å². The van der Waals surface area contributed by atoms with E-state index in [-0.39, 0.29) is 11.0 Å². The fourth-order valence-electron chi connectivity index (χ4n) is 2.20. The number of carbonyl (C=O) groups is 2. The van der Waals surface area contributed by atoms with Crippen LogP contribution in [-0.2, 0) is 19.1 Å². The maximum Gasteiger partial charge on any atom is 0.344 e. The van der Waals surface area contributed by atoms with E-state index < -0.39 is 17.4 Å². The molecule has 1 aliphatic carbocycles. The van der Waals surface area contributed by atoms with E-state index >= 15 is 0 Å². The molecule has 0 aliphatic heterocycles.